The number of ether oxygens (including phenoxy) is 2. The second-order valence-electron chi connectivity index (χ2n) is 8.39. The maximum atomic E-state index is 13.1. The van der Waals surface area contributed by atoms with Gasteiger partial charge in [-0.2, -0.15) is 0 Å². The highest BCUT2D eigenvalue weighted by Gasteiger charge is 2.46. The Balaban J connectivity index is 2.17. The summed E-state index contributed by atoms with van der Waals surface area (Å²) in [6.45, 7) is 7.07. The van der Waals surface area contributed by atoms with Crippen molar-refractivity contribution in [2.24, 2.45) is 0 Å². The molecule has 0 aromatic heterocycles. The van der Waals surface area contributed by atoms with Gasteiger partial charge in [0.25, 0.3) is 11.7 Å². The summed E-state index contributed by atoms with van der Waals surface area (Å²) in [4.78, 5) is 27.5. The number of carbonyl (C=O) groups is 2. The predicted molar refractivity (Wildman–Crippen MR) is 130 cm³/mol. The monoisotopic (exact) mass is 487 g/mol. The lowest BCUT2D eigenvalue weighted by Gasteiger charge is -2.25. The number of aliphatic hydroxyl groups excluding tert-OH is 1. The number of benzene rings is 2. The predicted octanol–water partition coefficient (Wildman–Crippen LogP) is 5.03. The Kier molecular flexibility index (Phi) is 8.23. The summed E-state index contributed by atoms with van der Waals surface area (Å²) in [6, 6.07) is 8.85. The number of aliphatic hydroxyl groups is 1. The van der Waals surface area contributed by atoms with Crippen molar-refractivity contribution in [3.8, 4) is 11.5 Å². The number of ketones is 1. The first kappa shape index (κ1) is 25.6. The molecule has 34 heavy (non-hydrogen) atoms. The number of amides is 1. The van der Waals surface area contributed by atoms with Crippen LogP contribution in [0.2, 0.25) is 5.02 Å². The minimum atomic E-state index is -0.857. The van der Waals surface area contributed by atoms with Gasteiger partial charge in [-0.3, -0.25) is 9.59 Å². The average molecular weight is 488 g/mol. The summed E-state index contributed by atoms with van der Waals surface area (Å²) in [6.07, 6.45) is 0.506. The third kappa shape index (κ3) is 5.05. The Labute approximate surface area is 204 Å². The van der Waals surface area contributed by atoms with E-state index in [1.807, 2.05) is 20.8 Å². The van der Waals surface area contributed by atoms with E-state index in [1.165, 1.54) is 17.0 Å². The molecular weight excluding hydrogens is 458 g/mol. The van der Waals surface area contributed by atoms with Crippen molar-refractivity contribution in [3.63, 3.8) is 0 Å². The molecule has 2 N–H and O–H groups in total. The maximum absolute atomic E-state index is 13.1. The number of aromatic hydroxyl groups is 1. The Bertz CT molecular complexity index is 1110. The van der Waals surface area contributed by atoms with E-state index in [-0.39, 0.29) is 34.6 Å². The van der Waals surface area contributed by atoms with Gasteiger partial charge in [0.2, 0.25) is 0 Å². The van der Waals surface area contributed by atoms with Crippen LogP contribution < -0.4 is 4.74 Å². The minimum absolute atomic E-state index is 0.0250. The first-order chi connectivity index (χ1) is 16.2. The van der Waals surface area contributed by atoms with E-state index in [1.54, 1.807) is 31.4 Å². The first-order valence-electron chi connectivity index (χ1n) is 11.2. The fourth-order valence-electron chi connectivity index (χ4n) is 4.12. The van der Waals surface area contributed by atoms with Gasteiger partial charge in [-0.1, -0.05) is 31.5 Å². The minimum Gasteiger partial charge on any atom is -0.507 e. The van der Waals surface area contributed by atoms with Crippen molar-refractivity contribution in [1.29, 1.82) is 0 Å². The van der Waals surface area contributed by atoms with Crippen LogP contribution in [-0.2, 0) is 14.3 Å². The summed E-state index contributed by atoms with van der Waals surface area (Å²) < 4.78 is 10.8. The molecule has 1 aliphatic rings. The molecule has 1 amide bonds. The number of methoxy groups -OCH3 is 1. The summed E-state index contributed by atoms with van der Waals surface area (Å²) in [5, 5.41) is 21.3. The topological polar surface area (TPSA) is 96.3 Å². The number of hydrogen-bond donors (Lipinski definition) is 2. The molecule has 0 aliphatic carbocycles. The number of halogens is 1. The van der Waals surface area contributed by atoms with Crippen molar-refractivity contribution in [2.45, 2.75) is 39.2 Å². The summed E-state index contributed by atoms with van der Waals surface area (Å²) >= 11 is 6.14. The van der Waals surface area contributed by atoms with Crippen molar-refractivity contribution in [1.82, 2.24) is 4.90 Å². The van der Waals surface area contributed by atoms with E-state index < -0.39 is 17.7 Å². The molecule has 7 nitrogen and oxygen atoms in total. The molecule has 2 aromatic rings. The molecule has 0 spiro atoms. The van der Waals surface area contributed by atoms with Crippen LogP contribution in [0.4, 0.5) is 0 Å². The SMILES string of the molecule is CCOc1ccc(/C(O)=C2/C(=O)C(=O)N(CCCOC)C2c2ccc(O)c(Cl)c2)cc1C(C)C. The van der Waals surface area contributed by atoms with Crippen LogP contribution in [0.15, 0.2) is 42.0 Å². The van der Waals surface area contributed by atoms with E-state index in [9.17, 15) is 19.8 Å². The van der Waals surface area contributed by atoms with Crippen LogP contribution in [0.1, 0.15) is 55.8 Å². The largest absolute Gasteiger partial charge is 0.507 e. The van der Waals surface area contributed by atoms with Crippen LogP contribution in [0.3, 0.4) is 0 Å². The third-order valence-corrected chi connectivity index (χ3v) is 6.08. The molecular formula is C26H30ClNO6. The quantitative estimate of drug-likeness (QED) is 0.223. The van der Waals surface area contributed by atoms with Crippen molar-refractivity contribution in [3.05, 3.63) is 63.7 Å². The van der Waals surface area contributed by atoms with Gasteiger partial charge in [0.05, 0.1) is 23.2 Å². The second-order valence-corrected chi connectivity index (χ2v) is 8.80. The van der Waals surface area contributed by atoms with E-state index in [0.717, 1.165) is 5.56 Å². The molecule has 2 aromatic carbocycles. The Morgan fingerprint density at radius 3 is 2.53 bits per heavy atom. The number of hydrogen-bond acceptors (Lipinski definition) is 6. The van der Waals surface area contributed by atoms with E-state index in [2.05, 4.69) is 0 Å². The highest BCUT2D eigenvalue weighted by Crippen LogP contribution is 2.42. The zero-order chi connectivity index (χ0) is 25.0. The summed E-state index contributed by atoms with van der Waals surface area (Å²) in [5.74, 6) is -1.05. The van der Waals surface area contributed by atoms with Gasteiger partial charge in [0.1, 0.15) is 17.3 Å². The first-order valence-corrected chi connectivity index (χ1v) is 11.6. The second kappa shape index (κ2) is 10.9. The average Bonchev–Trinajstić information content (AvgIpc) is 3.06. The van der Waals surface area contributed by atoms with Crippen LogP contribution in [-0.4, -0.2) is 53.7 Å². The maximum Gasteiger partial charge on any atom is 0.295 e. The van der Waals surface area contributed by atoms with Gasteiger partial charge in [0, 0.05) is 25.8 Å². The number of nitrogens with zero attached hydrogens (tertiary/aromatic N) is 1. The van der Waals surface area contributed by atoms with E-state index in [4.69, 9.17) is 21.1 Å². The van der Waals surface area contributed by atoms with Crippen LogP contribution >= 0.6 is 11.6 Å². The zero-order valence-electron chi connectivity index (χ0n) is 19.8. The molecule has 182 valence electrons. The Morgan fingerprint density at radius 2 is 1.91 bits per heavy atom. The standard InChI is InChI=1S/C26H30ClNO6/c1-5-34-21-10-8-17(13-18(21)15(2)3)24(30)22-23(16-7-9-20(29)19(27)14-16)28(11-6-12-33-4)26(32)25(22)31/h7-10,13-15,23,29-30H,5-6,11-12H2,1-4H3/b24-22-. The number of Topliss-reactive ketones (excluding diaryl/α,β-unsaturated/α-hetero) is 1. The van der Waals surface area contributed by atoms with E-state index >= 15 is 0 Å². The normalized spacial score (nSPS) is 17.6. The number of carbonyl (C=O) groups excluding carboxylic acids is 2. The zero-order valence-corrected chi connectivity index (χ0v) is 20.6. The molecule has 1 fully saturated rings. The highest BCUT2D eigenvalue weighted by atomic mass is 35.5. The molecule has 0 bridgehead atoms. The molecule has 0 saturated carbocycles. The molecule has 1 unspecified atom stereocenters. The molecule has 1 atom stereocenters. The van der Waals surface area contributed by atoms with Crippen LogP contribution in [0, 0.1) is 0 Å². The van der Waals surface area contributed by atoms with Gasteiger partial charge in [-0.15, -0.1) is 0 Å². The lowest BCUT2D eigenvalue weighted by atomic mass is 9.93. The highest BCUT2D eigenvalue weighted by molar-refractivity contribution is 6.46. The van der Waals surface area contributed by atoms with Gasteiger partial charge in [-0.05, 0) is 60.7 Å². The Morgan fingerprint density at radius 1 is 1.18 bits per heavy atom. The molecule has 1 saturated heterocycles. The van der Waals surface area contributed by atoms with Crippen molar-refractivity contribution in [2.75, 3.05) is 26.9 Å². The smallest absolute Gasteiger partial charge is 0.295 e. The van der Waals surface area contributed by atoms with Crippen molar-refractivity contribution < 1.29 is 29.3 Å². The fraction of sp³-hybridized carbons (Fsp3) is 0.385. The van der Waals surface area contributed by atoms with Gasteiger partial charge in [0.15, 0.2) is 0 Å². The summed E-state index contributed by atoms with van der Waals surface area (Å²) in [7, 11) is 1.56. The molecule has 3 rings (SSSR count). The molecule has 8 heteroatoms. The van der Waals surface area contributed by atoms with Crippen LogP contribution in [0.25, 0.3) is 5.76 Å². The van der Waals surface area contributed by atoms with Crippen molar-refractivity contribution >= 4 is 29.1 Å². The molecule has 1 aliphatic heterocycles. The number of likely N-dealkylation sites (tertiary alicyclic amines) is 1. The third-order valence-electron chi connectivity index (χ3n) is 5.78. The fourth-order valence-corrected chi connectivity index (χ4v) is 4.31. The number of rotatable bonds is 9. The molecule has 1 heterocycles. The lowest BCUT2D eigenvalue weighted by molar-refractivity contribution is -0.140. The van der Waals surface area contributed by atoms with Gasteiger partial charge in [-0.25, -0.2) is 0 Å². The number of phenolic OH excluding ortho intramolecular Hbond substituents is 1. The van der Waals surface area contributed by atoms with Gasteiger partial charge < -0.3 is 24.6 Å². The lowest BCUT2D eigenvalue weighted by Crippen LogP contribution is -2.31. The van der Waals surface area contributed by atoms with Crippen LogP contribution in [0.5, 0.6) is 11.5 Å². The summed E-state index contributed by atoms with van der Waals surface area (Å²) in [5.41, 5.74) is 1.78. The Hall–Kier alpha value is -3.03. The van der Waals surface area contributed by atoms with Gasteiger partial charge >= 0.3 is 0 Å². The van der Waals surface area contributed by atoms with E-state index in [0.29, 0.717) is 36.5 Å². The molecule has 0 radical (unpaired) electrons. The number of phenols is 1.